The van der Waals surface area contributed by atoms with E-state index in [0.29, 0.717) is 12.3 Å². The van der Waals surface area contributed by atoms with E-state index in [9.17, 15) is 4.79 Å². The van der Waals surface area contributed by atoms with Crippen LogP contribution in [-0.2, 0) is 9.47 Å². The van der Waals surface area contributed by atoms with Gasteiger partial charge >= 0.3 is 0 Å². The normalized spacial score (nSPS) is 29.2. The maximum absolute atomic E-state index is 12.5. The first-order valence-corrected chi connectivity index (χ1v) is 7.01. The lowest BCUT2D eigenvalue weighted by atomic mass is 9.99. The molecule has 2 aliphatic rings. The number of likely N-dealkylation sites (tertiary alicyclic amines) is 1. The van der Waals surface area contributed by atoms with E-state index in [-0.39, 0.29) is 24.2 Å². The molecule has 0 spiro atoms. The van der Waals surface area contributed by atoms with Crippen LogP contribution in [0.15, 0.2) is 18.6 Å². The molecule has 6 nitrogen and oxygen atoms in total. The monoisotopic (exact) mass is 277 g/mol. The van der Waals surface area contributed by atoms with Crippen LogP contribution >= 0.6 is 0 Å². The molecule has 1 amide bonds. The van der Waals surface area contributed by atoms with Gasteiger partial charge in [-0.3, -0.25) is 9.78 Å². The number of methoxy groups -OCH3 is 1. The molecule has 0 unspecified atom stereocenters. The molecule has 108 valence electrons. The predicted octanol–water partition coefficient (Wildman–Crippen LogP) is 0.885. The summed E-state index contributed by atoms with van der Waals surface area (Å²) in [4.78, 5) is 22.4. The Morgan fingerprint density at radius 3 is 3.10 bits per heavy atom. The van der Waals surface area contributed by atoms with E-state index in [4.69, 9.17) is 9.47 Å². The summed E-state index contributed by atoms with van der Waals surface area (Å²) in [6.07, 6.45) is 7.71. The molecule has 2 fully saturated rings. The Balaban J connectivity index is 1.68. The third-order valence-electron chi connectivity index (χ3n) is 4.03. The quantitative estimate of drug-likeness (QED) is 0.821. The fourth-order valence-corrected chi connectivity index (χ4v) is 3.11. The maximum atomic E-state index is 12.5. The molecule has 0 N–H and O–H groups in total. The van der Waals surface area contributed by atoms with Crippen LogP contribution in [0.25, 0.3) is 0 Å². The number of nitrogens with zero attached hydrogens (tertiary/aromatic N) is 3. The zero-order chi connectivity index (χ0) is 13.9. The van der Waals surface area contributed by atoms with E-state index in [1.54, 1.807) is 19.5 Å². The average Bonchev–Trinajstić information content (AvgIpc) is 2.91. The van der Waals surface area contributed by atoms with Crippen molar-refractivity contribution in [2.45, 2.75) is 37.5 Å². The van der Waals surface area contributed by atoms with Gasteiger partial charge in [0, 0.05) is 26.0 Å². The topological polar surface area (TPSA) is 64.5 Å². The van der Waals surface area contributed by atoms with Crippen LogP contribution in [0.4, 0.5) is 0 Å². The molecule has 6 heteroatoms. The Morgan fingerprint density at radius 1 is 1.45 bits per heavy atom. The number of hydrogen-bond acceptors (Lipinski definition) is 5. The van der Waals surface area contributed by atoms with Crippen molar-refractivity contribution >= 4 is 5.91 Å². The van der Waals surface area contributed by atoms with Gasteiger partial charge < -0.3 is 14.4 Å². The van der Waals surface area contributed by atoms with Gasteiger partial charge in [-0.05, 0) is 19.3 Å². The van der Waals surface area contributed by atoms with Crippen molar-refractivity contribution in [3.05, 3.63) is 24.3 Å². The lowest BCUT2D eigenvalue weighted by Crippen LogP contribution is -2.46. The predicted molar refractivity (Wildman–Crippen MR) is 71.2 cm³/mol. The summed E-state index contributed by atoms with van der Waals surface area (Å²) >= 11 is 0. The molecule has 0 saturated carbocycles. The SMILES string of the molecule is COC[C@@H]1CC[C@H]2[C@H](CCN2C(=O)c2cnccn2)O1. The third kappa shape index (κ3) is 2.53. The zero-order valence-corrected chi connectivity index (χ0v) is 11.6. The van der Waals surface area contributed by atoms with E-state index in [0.717, 1.165) is 25.8 Å². The molecule has 3 rings (SSSR count). The standard InChI is InChI=1S/C14H19N3O3/c1-19-9-10-2-3-12-13(20-10)4-7-17(12)14(18)11-8-15-5-6-16-11/h5-6,8,10,12-13H,2-4,7,9H2,1H3/t10-,12-,13-/m0/s1. The van der Waals surface area contributed by atoms with E-state index in [1.165, 1.54) is 6.20 Å². The van der Waals surface area contributed by atoms with Crippen molar-refractivity contribution in [2.24, 2.45) is 0 Å². The van der Waals surface area contributed by atoms with Gasteiger partial charge in [0.15, 0.2) is 0 Å². The highest BCUT2D eigenvalue weighted by Crippen LogP contribution is 2.32. The number of aromatic nitrogens is 2. The Bertz CT molecular complexity index is 468. The van der Waals surface area contributed by atoms with Crippen LogP contribution < -0.4 is 0 Å². The summed E-state index contributed by atoms with van der Waals surface area (Å²) < 4.78 is 11.2. The molecule has 3 atom stereocenters. The Morgan fingerprint density at radius 2 is 2.35 bits per heavy atom. The molecule has 2 aliphatic heterocycles. The van der Waals surface area contributed by atoms with Gasteiger partial charge in [-0.15, -0.1) is 0 Å². The lowest BCUT2D eigenvalue weighted by molar-refractivity contribution is -0.0903. The lowest BCUT2D eigenvalue weighted by Gasteiger charge is -2.35. The van der Waals surface area contributed by atoms with Crippen LogP contribution in [0.2, 0.25) is 0 Å². The van der Waals surface area contributed by atoms with Crippen molar-refractivity contribution in [1.82, 2.24) is 14.9 Å². The van der Waals surface area contributed by atoms with Crippen LogP contribution in [0, 0.1) is 0 Å². The fourth-order valence-electron chi connectivity index (χ4n) is 3.11. The minimum atomic E-state index is -0.0422. The molecule has 0 bridgehead atoms. The van der Waals surface area contributed by atoms with Crippen LogP contribution in [0.5, 0.6) is 0 Å². The number of ether oxygens (including phenoxy) is 2. The number of carbonyl (C=O) groups excluding carboxylic acids is 1. The molecule has 0 aliphatic carbocycles. The number of fused-ring (bicyclic) bond motifs is 1. The summed E-state index contributed by atoms with van der Waals surface area (Å²) in [5.41, 5.74) is 0.409. The van der Waals surface area contributed by atoms with Gasteiger partial charge in [0.2, 0.25) is 0 Å². The van der Waals surface area contributed by atoms with E-state index in [2.05, 4.69) is 9.97 Å². The molecular formula is C14H19N3O3. The average molecular weight is 277 g/mol. The van der Waals surface area contributed by atoms with Crippen LogP contribution in [0.1, 0.15) is 29.8 Å². The molecule has 2 saturated heterocycles. The largest absolute Gasteiger partial charge is 0.382 e. The second-order valence-electron chi connectivity index (χ2n) is 5.27. The van der Waals surface area contributed by atoms with E-state index in [1.807, 2.05) is 4.90 Å². The summed E-state index contributed by atoms with van der Waals surface area (Å²) in [5, 5.41) is 0. The first-order valence-electron chi connectivity index (χ1n) is 7.01. The third-order valence-corrected chi connectivity index (χ3v) is 4.03. The number of carbonyl (C=O) groups is 1. The first kappa shape index (κ1) is 13.5. The van der Waals surface area contributed by atoms with Crippen molar-refractivity contribution < 1.29 is 14.3 Å². The zero-order valence-electron chi connectivity index (χ0n) is 11.6. The van der Waals surface area contributed by atoms with Gasteiger partial charge in [-0.2, -0.15) is 0 Å². The van der Waals surface area contributed by atoms with Gasteiger partial charge in [-0.25, -0.2) is 4.98 Å². The summed E-state index contributed by atoms with van der Waals surface area (Å²) in [7, 11) is 1.69. The minimum absolute atomic E-state index is 0.0422. The summed E-state index contributed by atoms with van der Waals surface area (Å²) in [6, 6.07) is 0.164. The Kier molecular flexibility index (Phi) is 3.93. The van der Waals surface area contributed by atoms with E-state index >= 15 is 0 Å². The Hall–Kier alpha value is -1.53. The highest BCUT2D eigenvalue weighted by molar-refractivity contribution is 5.92. The Labute approximate surface area is 118 Å². The second-order valence-corrected chi connectivity index (χ2v) is 5.27. The van der Waals surface area contributed by atoms with Crippen LogP contribution in [0.3, 0.4) is 0 Å². The molecule has 1 aromatic heterocycles. The van der Waals surface area contributed by atoms with Crippen molar-refractivity contribution in [2.75, 3.05) is 20.3 Å². The highest BCUT2D eigenvalue weighted by atomic mass is 16.5. The fraction of sp³-hybridized carbons (Fsp3) is 0.643. The number of amides is 1. The minimum Gasteiger partial charge on any atom is -0.382 e. The van der Waals surface area contributed by atoms with Gasteiger partial charge in [0.05, 0.1) is 31.1 Å². The van der Waals surface area contributed by atoms with Crippen molar-refractivity contribution in [3.8, 4) is 0 Å². The first-order chi connectivity index (χ1) is 9.79. The molecule has 1 aromatic rings. The molecular weight excluding hydrogens is 258 g/mol. The van der Waals surface area contributed by atoms with Crippen molar-refractivity contribution in [1.29, 1.82) is 0 Å². The number of hydrogen-bond donors (Lipinski definition) is 0. The summed E-state index contributed by atoms with van der Waals surface area (Å²) in [6.45, 7) is 1.35. The molecule has 3 heterocycles. The maximum Gasteiger partial charge on any atom is 0.274 e. The van der Waals surface area contributed by atoms with Crippen LogP contribution in [-0.4, -0.2) is 59.3 Å². The molecule has 0 aromatic carbocycles. The summed E-state index contributed by atoms with van der Waals surface area (Å²) in [5.74, 6) is -0.0422. The van der Waals surface area contributed by atoms with Gasteiger partial charge in [0.1, 0.15) is 5.69 Å². The highest BCUT2D eigenvalue weighted by Gasteiger charge is 2.42. The van der Waals surface area contributed by atoms with Gasteiger partial charge in [-0.1, -0.05) is 0 Å². The van der Waals surface area contributed by atoms with Gasteiger partial charge in [0.25, 0.3) is 5.91 Å². The molecule has 20 heavy (non-hydrogen) atoms. The second kappa shape index (κ2) is 5.85. The number of rotatable bonds is 3. The molecule has 0 radical (unpaired) electrons. The van der Waals surface area contributed by atoms with E-state index < -0.39 is 0 Å². The van der Waals surface area contributed by atoms with Crippen molar-refractivity contribution in [3.63, 3.8) is 0 Å². The smallest absolute Gasteiger partial charge is 0.274 e.